The number of carbonyl (C=O) groups excluding carboxylic acids is 1. The molecule has 0 spiro atoms. The topological polar surface area (TPSA) is 89.0 Å². The molecule has 0 bridgehead atoms. The zero-order chi connectivity index (χ0) is 14.3. The predicted molar refractivity (Wildman–Crippen MR) is 70.3 cm³/mol. The highest BCUT2D eigenvalue weighted by molar-refractivity contribution is 7.75. The van der Waals surface area contributed by atoms with E-state index < -0.39 is 18.8 Å². The molecule has 19 heavy (non-hydrogen) atoms. The number of carbonyl (C=O) groups is 1. The first kappa shape index (κ1) is 15.5. The van der Waals surface area contributed by atoms with Gasteiger partial charge in [0.05, 0.1) is 13.2 Å². The molecule has 0 aliphatic carbocycles. The lowest BCUT2D eigenvalue weighted by Gasteiger charge is -2.11. The molecular weight excluding hydrogens is 267 g/mol. The van der Waals surface area contributed by atoms with Crippen molar-refractivity contribution in [2.45, 2.75) is 13.8 Å². The lowest BCUT2D eigenvalue weighted by molar-refractivity contribution is -0.00480. The minimum atomic E-state index is -3.90. The van der Waals surface area contributed by atoms with E-state index in [1.807, 2.05) is 0 Å². The predicted octanol–water partition coefficient (Wildman–Crippen LogP) is 2.76. The molecule has 0 N–H and O–H groups in total. The highest BCUT2D eigenvalue weighted by Gasteiger charge is 2.45. The summed E-state index contributed by atoms with van der Waals surface area (Å²) in [6.07, 6.45) is 0. The molecule has 0 atom stereocenters. The van der Waals surface area contributed by atoms with Crippen LogP contribution in [0.2, 0.25) is 0 Å². The molecule has 1 aromatic rings. The molecule has 0 radical (unpaired) electrons. The Morgan fingerprint density at radius 1 is 1.21 bits per heavy atom. The lowest BCUT2D eigenvalue weighted by atomic mass is 10.1. The van der Waals surface area contributed by atoms with Crippen LogP contribution in [0.15, 0.2) is 30.3 Å². The number of ketones is 1. The van der Waals surface area contributed by atoms with Crippen LogP contribution in [0.4, 0.5) is 0 Å². The second kappa shape index (κ2) is 7.12. The SMILES string of the molecule is CCOP(=O)(OCC)C(=[N+]=[N-])C(=O)c1ccccc1. The van der Waals surface area contributed by atoms with E-state index in [1.54, 1.807) is 32.0 Å². The van der Waals surface area contributed by atoms with Crippen molar-refractivity contribution in [3.63, 3.8) is 0 Å². The minimum Gasteiger partial charge on any atom is -0.360 e. The third-order valence-electron chi connectivity index (χ3n) is 2.19. The van der Waals surface area contributed by atoms with Crippen molar-refractivity contribution in [2.24, 2.45) is 0 Å². The van der Waals surface area contributed by atoms with Crippen LogP contribution >= 0.6 is 7.60 Å². The summed E-state index contributed by atoms with van der Waals surface area (Å²) in [5.41, 5.74) is 8.62. The van der Waals surface area contributed by atoms with Crippen molar-refractivity contribution in [1.82, 2.24) is 0 Å². The highest BCUT2D eigenvalue weighted by Crippen LogP contribution is 2.49. The number of benzene rings is 1. The van der Waals surface area contributed by atoms with Gasteiger partial charge in [0.2, 0.25) is 0 Å². The van der Waals surface area contributed by atoms with Gasteiger partial charge in [-0.1, -0.05) is 30.3 Å². The van der Waals surface area contributed by atoms with Gasteiger partial charge in [0.25, 0.3) is 5.78 Å². The molecule has 0 saturated carbocycles. The lowest BCUT2D eigenvalue weighted by Crippen LogP contribution is -2.19. The summed E-state index contributed by atoms with van der Waals surface area (Å²) in [7, 11) is -3.90. The van der Waals surface area contributed by atoms with Gasteiger partial charge in [-0.15, -0.1) is 0 Å². The standard InChI is InChI=1S/C12H15N2O4P/c1-3-17-19(16,18-4-2)12(14-13)11(15)10-8-6-5-7-9-10/h5-9H,3-4H2,1-2H3. The molecular formula is C12H15N2O4P. The molecule has 6 nitrogen and oxygen atoms in total. The molecule has 0 fully saturated rings. The maximum absolute atomic E-state index is 12.4. The Labute approximate surface area is 111 Å². The van der Waals surface area contributed by atoms with Gasteiger partial charge in [-0.3, -0.25) is 4.79 Å². The van der Waals surface area contributed by atoms with Crippen LogP contribution in [-0.2, 0) is 13.6 Å². The molecule has 0 saturated heterocycles. The van der Waals surface area contributed by atoms with Crippen LogP contribution < -0.4 is 0 Å². The van der Waals surface area contributed by atoms with Crippen LogP contribution in [0.25, 0.3) is 5.53 Å². The molecule has 0 aromatic heterocycles. The van der Waals surface area contributed by atoms with E-state index >= 15 is 0 Å². The first-order valence-corrected chi connectivity index (χ1v) is 7.34. The van der Waals surface area contributed by atoms with Crippen molar-refractivity contribution in [2.75, 3.05) is 13.2 Å². The molecule has 0 heterocycles. The van der Waals surface area contributed by atoms with E-state index in [4.69, 9.17) is 14.6 Å². The Bertz CT molecular complexity index is 528. The molecule has 0 aliphatic heterocycles. The van der Waals surface area contributed by atoms with Crippen molar-refractivity contribution < 1.29 is 23.2 Å². The molecule has 1 rings (SSSR count). The number of nitrogens with zero attached hydrogens (tertiary/aromatic N) is 2. The van der Waals surface area contributed by atoms with E-state index in [2.05, 4.69) is 4.79 Å². The monoisotopic (exact) mass is 282 g/mol. The second-order valence-corrected chi connectivity index (χ2v) is 5.39. The van der Waals surface area contributed by atoms with Crippen LogP contribution in [0.1, 0.15) is 24.2 Å². The van der Waals surface area contributed by atoms with Crippen molar-refractivity contribution in [3.8, 4) is 0 Å². The van der Waals surface area contributed by atoms with Crippen LogP contribution in [0.3, 0.4) is 0 Å². The highest BCUT2D eigenvalue weighted by atomic mass is 31.2. The smallest absolute Gasteiger partial charge is 0.360 e. The van der Waals surface area contributed by atoms with Crippen molar-refractivity contribution in [3.05, 3.63) is 41.4 Å². The third-order valence-corrected chi connectivity index (χ3v) is 4.20. The molecule has 0 aliphatic rings. The van der Waals surface area contributed by atoms with Crippen molar-refractivity contribution >= 4 is 18.8 Å². The second-order valence-electron chi connectivity index (χ2n) is 3.45. The van der Waals surface area contributed by atoms with Gasteiger partial charge >= 0.3 is 13.0 Å². The molecule has 0 unspecified atom stereocenters. The zero-order valence-corrected chi connectivity index (χ0v) is 11.7. The summed E-state index contributed by atoms with van der Waals surface area (Å²) in [6, 6.07) is 8.08. The molecule has 0 amide bonds. The van der Waals surface area contributed by atoms with Gasteiger partial charge in [-0.25, -0.2) is 4.57 Å². The van der Waals surface area contributed by atoms with Crippen molar-refractivity contribution in [1.29, 1.82) is 0 Å². The Morgan fingerprint density at radius 2 is 1.74 bits per heavy atom. The first-order chi connectivity index (χ1) is 9.09. The normalized spacial score (nSPS) is 10.8. The zero-order valence-electron chi connectivity index (χ0n) is 10.8. The number of Topliss-reactive ketones (excluding diaryl/α,β-unsaturated/α-hetero) is 1. The number of rotatable bonds is 7. The summed E-state index contributed by atoms with van der Waals surface area (Å²) in [5.74, 6) is -0.687. The Morgan fingerprint density at radius 3 is 2.16 bits per heavy atom. The van der Waals surface area contributed by atoms with Gasteiger partial charge in [0.15, 0.2) is 0 Å². The van der Waals surface area contributed by atoms with E-state index in [0.29, 0.717) is 0 Å². The Balaban J connectivity index is 3.17. The van der Waals surface area contributed by atoms with E-state index in [-0.39, 0.29) is 18.8 Å². The number of hydrogen-bond acceptors (Lipinski definition) is 4. The third kappa shape index (κ3) is 3.69. The maximum Gasteiger partial charge on any atom is 0.448 e. The summed E-state index contributed by atoms with van der Waals surface area (Å²) in [5, 5.41) is 0. The summed E-state index contributed by atoms with van der Waals surface area (Å²) in [6.45, 7) is 3.35. The minimum absolute atomic E-state index is 0.0678. The quantitative estimate of drug-likeness (QED) is 0.253. The summed E-state index contributed by atoms with van der Waals surface area (Å²) < 4.78 is 22.4. The van der Waals surface area contributed by atoms with Crippen LogP contribution in [0, 0.1) is 0 Å². The van der Waals surface area contributed by atoms with Gasteiger partial charge in [0.1, 0.15) is 0 Å². The summed E-state index contributed by atoms with van der Waals surface area (Å²) in [4.78, 5) is 15.0. The molecule has 102 valence electrons. The van der Waals surface area contributed by atoms with Gasteiger partial charge in [0, 0.05) is 5.56 Å². The summed E-state index contributed by atoms with van der Waals surface area (Å²) >= 11 is 0. The van der Waals surface area contributed by atoms with E-state index in [1.165, 1.54) is 12.1 Å². The van der Waals surface area contributed by atoms with Crippen LogP contribution in [-0.4, -0.2) is 29.2 Å². The fourth-order valence-corrected chi connectivity index (χ4v) is 2.93. The first-order valence-electron chi connectivity index (χ1n) is 5.80. The van der Waals surface area contributed by atoms with E-state index in [9.17, 15) is 9.36 Å². The fraction of sp³-hybridized carbons (Fsp3) is 0.333. The Hall–Kier alpha value is -1.58. The molecule has 1 aromatic carbocycles. The van der Waals surface area contributed by atoms with Gasteiger partial charge < -0.3 is 14.6 Å². The van der Waals surface area contributed by atoms with E-state index in [0.717, 1.165) is 0 Å². The average Bonchev–Trinajstić information content (AvgIpc) is 2.40. The molecule has 7 heteroatoms. The Kier molecular flexibility index (Phi) is 5.80. The van der Waals surface area contributed by atoms with Crippen LogP contribution in [0.5, 0.6) is 0 Å². The van der Waals surface area contributed by atoms with Gasteiger partial charge in [-0.2, -0.15) is 4.79 Å². The largest absolute Gasteiger partial charge is 0.448 e. The average molecular weight is 282 g/mol. The fourth-order valence-electron chi connectivity index (χ4n) is 1.44. The number of hydrogen-bond donors (Lipinski definition) is 0. The van der Waals surface area contributed by atoms with Gasteiger partial charge in [-0.05, 0) is 13.8 Å². The maximum atomic E-state index is 12.4.